The maximum atomic E-state index is 12.4. The van der Waals surface area contributed by atoms with Crippen LogP contribution in [0.2, 0.25) is 0 Å². The van der Waals surface area contributed by atoms with Gasteiger partial charge in [0.15, 0.2) is 6.61 Å². The number of carbonyl (C=O) groups is 1. The van der Waals surface area contributed by atoms with Crippen molar-refractivity contribution in [2.45, 2.75) is 18.7 Å². The molecule has 0 aromatic heterocycles. The van der Waals surface area contributed by atoms with Crippen molar-refractivity contribution in [2.24, 2.45) is 0 Å². The molecule has 7 heteroatoms. The van der Waals surface area contributed by atoms with Gasteiger partial charge in [-0.2, -0.15) is 0 Å². The maximum Gasteiger partial charge on any atom is 0.262 e. The Balaban J connectivity index is 1.60. The molecule has 3 aromatic carbocycles. The molecule has 2 N–H and O–H groups in total. The van der Waals surface area contributed by atoms with Crippen molar-refractivity contribution in [1.82, 2.24) is 0 Å². The summed E-state index contributed by atoms with van der Waals surface area (Å²) in [6.45, 7) is 3.77. The standard InChI is InChI=1S/C22H22N2O4S/c1-16-7-6-10-21(17(16)2)28-15-22(25)23-18-11-13-20(14-12-18)29(26,27)24-19-8-4-3-5-9-19/h3-14,24H,15H2,1-2H3,(H,23,25). The SMILES string of the molecule is Cc1cccc(OCC(=O)Nc2ccc(S(=O)(=O)Nc3ccccc3)cc2)c1C. The Morgan fingerprint density at radius 1 is 0.862 bits per heavy atom. The second-order valence-corrected chi connectivity index (χ2v) is 8.21. The number of anilines is 2. The summed E-state index contributed by atoms with van der Waals surface area (Å²) in [5.74, 6) is 0.331. The van der Waals surface area contributed by atoms with Crippen molar-refractivity contribution in [2.75, 3.05) is 16.6 Å². The first-order valence-corrected chi connectivity index (χ1v) is 10.5. The first kappa shape index (κ1) is 20.4. The number of para-hydroxylation sites is 1. The number of hydrogen-bond acceptors (Lipinski definition) is 4. The highest BCUT2D eigenvalue weighted by Gasteiger charge is 2.14. The molecule has 29 heavy (non-hydrogen) atoms. The number of sulfonamides is 1. The van der Waals surface area contributed by atoms with Crippen molar-refractivity contribution in [3.05, 3.63) is 83.9 Å². The lowest BCUT2D eigenvalue weighted by Gasteiger charge is -2.12. The molecule has 0 bridgehead atoms. The van der Waals surface area contributed by atoms with Gasteiger partial charge in [0.1, 0.15) is 5.75 Å². The molecule has 0 spiro atoms. The van der Waals surface area contributed by atoms with Crippen LogP contribution in [-0.2, 0) is 14.8 Å². The number of hydrogen-bond donors (Lipinski definition) is 2. The molecule has 3 aromatic rings. The quantitative estimate of drug-likeness (QED) is 0.614. The van der Waals surface area contributed by atoms with E-state index >= 15 is 0 Å². The molecule has 0 saturated heterocycles. The van der Waals surface area contributed by atoms with Crippen molar-refractivity contribution >= 4 is 27.3 Å². The number of benzene rings is 3. The van der Waals surface area contributed by atoms with Gasteiger partial charge in [-0.15, -0.1) is 0 Å². The van der Waals surface area contributed by atoms with Gasteiger partial charge in [-0.05, 0) is 67.4 Å². The topological polar surface area (TPSA) is 84.5 Å². The number of carbonyl (C=O) groups excluding carboxylic acids is 1. The molecular weight excluding hydrogens is 388 g/mol. The molecule has 0 aliphatic rings. The van der Waals surface area contributed by atoms with E-state index in [1.165, 1.54) is 24.3 Å². The number of amides is 1. The molecule has 0 heterocycles. The lowest BCUT2D eigenvalue weighted by molar-refractivity contribution is -0.118. The van der Waals surface area contributed by atoms with E-state index in [9.17, 15) is 13.2 Å². The van der Waals surface area contributed by atoms with Crippen molar-refractivity contribution < 1.29 is 17.9 Å². The summed E-state index contributed by atoms with van der Waals surface area (Å²) in [6.07, 6.45) is 0. The molecule has 0 fully saturated rings. The molecule has 0 saturated carbocycles. The maximum absolute atomic E-state index is 12.4. The van der Waals surface area contributed by atoms with Gasteiger partial charge < -0.3 is 10.1 Å². The molecule has 3 rings (SSSR count). The van der Waals surface area contributed by atoms with E-state index in [2.05, 4.69) is 10.0 Å². The van der Waals surface area contributed by atoms with E-state index in [4.69, 9.17) is 4.74 Å². The highest BCUT2D eigenvalue weighted by Crippen LogP contribution is 2.21. The van der Waals surface area contributed by atoms with Crippen LogP contribution in [-0.4, -0.2) is 20.9 Å². The van der Waals surface area contributed by atoms with Crippen LogP contribution in [0.3, 0.4) is 0 Å². The van der Waals surface area contributed by atoms with Gasteiger partial charge in [-0.3, -0.25) is 9.52 Å². The van der Waals surface area contributed by atoms with Crippen molar-refractivity contribution in [3.63, 3.8) is 0 Å². The van der Waals surface area contributed by atoms with Crippen LogP contribution in [0.25, 0.3) is 0 Å². The summed E-state index contributed by atoms with van der Waals surface area (Å²) in [4.78, 5) is 12.2. The number of nitrogens with one attached hydrogen (secondary N) is 2. The van der Waals surface area contributed by atoms with Gasteiger partial charge in [0.25, 0.3) is 15.9 Å². The third-order valence-electron chi connectivity index (χ3n) is 4.39. The van der Waals surface area contributed by atoms with Gasteiger partial charge in [0.05, 0.1) is 4.90 Å². The molecule has 6 nitrogen and oxygen atoms in total. The third-order valence-corrected chi connectivity index (χ3v) is 5.79. The average Bonchev–Trinajstić information content (AvgIpc) is 2.70. The van der Waals surface area contributed by atoms with Gasteiger partial charge >= 0.3 is 0 Å². The second-order valence-electron chi connectivity index (χ2n) is 6.53. The molecular formula is C22H22N2O4S. The first-order valence-electron chi connectivity index (χ1n) is 9.02. The Labute approximate surface area is 170 Å². The zero-order valence-electron chi connectivity index (χ0n) is 16.2. The predicted octanol–water partition coefficient (Wildman–Crippen LogP) is 4.12. The summed E-state index contributed by atoms with van der Waals surface area (Å²) in [5, 5.41) is 2.70. The third kappa shape index (κ3) is 5.36. The van der Waals surface area contributed by atoms with E-state index in [0.717, 1.165) is 11.1 Å². The summed E-state index contributed by atoms with van der Waals surface area (Å²) in [5.41, 5.74) is 3.04. The highest BCUT2D eigenvalue weighted by molar-refractivity contribution is 7.92. The van der Waals surface area contributed by atoms with Crippen LogP contribution in [0.4, 0.5) is 11.4 Å². The number of rotatable bonds is 7. The van der Waals surface area contributed by atoms with E-state index in [1.807, 2.05) is 32.0 Å². The number of aryl methyl sites for hydroxylation is 1. The highest BCUT2D eigenvalue weighted by atomic mass is 32.2. The Bertz CT molecular complexity index is 1100. The Morgan fingerprint density at radius 3 is 2.24 bits per heavy atom. The summed E-state index contributed by atoms with van der Waals surface area (Å²) in [6, 6.07) is 20.2. The average molecular weight is 410 g/mol. The minimum Gasteiger partial charge on any atom is -0.483 e. The van der Waals surface area contributed by atoms with Crippen LogP contribution >= 0.6 is 0 Å². The largest absolute Gasteiger partial charge is 0.483 e. The van der Waals surface area contributed by atoms with Crippen molar-refractivity contribution in [1.29, 1.82) is 0 Å². The van der Waals surface area contributed by atoms with Gasteiger partial charge in [-0.25, -0.2) is 8.42 Å². The normalized spacial score (nSPS) is 11.0. The molecule has 0 aliphatic carbocycles. The first-order chi connectivity index (χ1) is 13.8. The van der Waals surface area contributed by atoms with E-state index in [0.29, 0.717) is 17.1 Å². The fourth-order valence-corrected chi connectivity index (χ4v) is 3.72. The smallest absolute Gasteiger partial charge is 0.262 e. The fourth-order valence-electron chi connectivity index (χ4n) is 2.66. The van der Waals surface area contributed by atoms with Crippen LogP contribution in [0.1, 0.15) is 11.1 Å². The molecule has 0 atom stereocenters. The van der Waals surface area contributed by atoms with Gasteiger partial charge in [0, 0.05) is 11.4 Å². The van der Waals surface area contributed by atoms with Crippen LogP contribution in [0, 0.1) is 13.8 Å². The monoisotopic (exact) mass is 410 g/mol. The predicted molar refractivity (Wildman–Crippen MR) is 114 cm³/mol. The molecule has 0 radical (unpaired) electrons. The minimum absolute atomic E-state index is 0.103. The van der Waals surface area contributed by atoms with Crippen LogP contribution in [0.5, 0.6) is 5.75 Å². The Kier molecular flexibility index (Phi) is 6.19. The van der Waals surface area contributed by atoms with Crippen LogP contribution in [0.15, 0.2) is 77.7 Å². The zero-order chi connectivity index (χ0) is 20.9. The lowest BCUT2D eigenvalue weighted by atomic mass is 10.1. The number of ether oxygens (including phenoxy) is 1. The summed E-state index contributed by atoms with van der Waals surface area (Å²) >= 11 is 0. The van der Waals surface area contributed by atoms with Crippen LogP contribution < -0.4 is 14.8 Å². The molecule has 0 unspecified atom stereocenters. The van der Waals surface area contributed by atoms with E-state index < -0.39 is 10.0 Å². The Morgan fingerprint density at radius 2 is 1.55 bits per heavy atom. The van der Waals surface area contributed by atoms with Gasteiger partial charge in [-0.1, -0.05) is 30.3 Å². The molecule has 150 valence electrons. The van der Waals surface area contributed by atoms with E-state index in [-0.39, 0.29) is 17.4 Å². The van der Waals surface area contributed by atoms with E-state index in [1.54, 1.807) is 30.3 Å². The summed E-state index contributed by atoms with van der Waals surface area (Å²) in [7, 11) is -3.70. The molecule has 1 amide bonds. The zero-order valence-corrected chi connectivity index (χ0v) is 17.0. The lowest BCUT2D eigenvalue weighted by Crippen LogP contribution is -2.20. The Hall–Kier alpha value is -3.32. The molecule has 0 aliphatic heterocycles. The van der Waals surface area contributed by atoms with Gasteiger partial charge in [0.2, 0.25) is 0 Å². The van der Waals surface area contributed by atoms with Crippen molar-refractivity contribution in [3.8, 4) is 5.75 Å². The second kappa shape index (κ2) is 8.79. The fraction of sp³-hybridized carbons (Fsp3) is 0.136. The minimum atomic E-state index is -3.70. The summed E-state index contributed by atoms with van der Waals surface area (Å²) < 4.78 is 33.0.